The third-order valence-corrected chi connectivity index (χ3v) is 2.37. The lowest BCUT2D eigenvalue weighted by Gasteiger charge is -2.15. The van der Waals surface area contributed by atoms with E-state index < -0.39 is 0 Å². The first-order valence-electron chi connectivity index (χ1n) is 5.55. The van der Waals surface area contributed by atoms with Gasteiger partial charge in [0.2, 0.25) is 5.89 Å². The van der Waals surface area contributed by atoms with Crippen LogP contribution in [-0.2, 0) is 5.41 Å². The number of benzene rings is 1. The predicted octanol–water partition coefficient (Wildman–Crippen LogP) is 3.00. The van der Waals surface area contributed by atoms with Crippen molar-refractivity contribution in [1.29, 1.82) is 0 Å². The van der Waals surface area contributed by atoms with Crippen molar-refractivity contribution >= 4 is 0 Å². The number of nitrogens with zero attached hydrogens (tertiary/aromatic N) is 1. The third-order valence-electron chi connectivity index (χ3n) is 2.37. The fraction of sp³-hybridized carbons (Fsp3) is 0.286. The standard InChI is InChI=1S/C14H15NO2/c1-14(2,3)13-15-12(16)9-11(17-13)10-7-5-4-6-8-10/h4-9H,1-3H3. The summed E-state index contributed by atoms with van der Waals surface area (Å²) >= 11 is 0. The molecule has 2 aromatic rings. The van der Waals surface area contributed by atoms with Gasteiger partial charge in [-0.05, 0) is 0 Å². The molecule has 0 bridgehead atoms. The topological polar surface area (TPSA) is 43.1 Å². The van der Waals surface area contributed by atoms with E-state index in [0.717, 1.165) is 5.56 Å². The monoisotopic (exact) mass is 229 g/mol. The second-order valence-corrected chi connectivity index (χ2v) is 4.98. The lowest BCUT2D eigenvalue weighted by atomic mass is 9.97. The lowest BCUT2D eigenvalue weighted by molar-refractivity contribution is 0.377. The van der Waals surface area contributed by atoms with Crippen molar-refractivity contribution in [3.63, 3.8) is 0 Å². The van der Waals surface area contributed by atoms with E-state index in [0.29, 0.717) is 11.7 Å². The summed E-state index contributed by atoms with van der Waals surface area (Å²) < 4.78 is 5.70. The van der Waals surface area contributed by atoms with Crippen LogP contribution in [0.4, 0.5) is 0 Å². The molecule has 3 heteroatoms. The Morgan fingerprint density at radius 1 is 1.12 bits per heavy atom. The van der Waals surface area contributed by atoms with E-state index >= 15 is 0 Å². The van der Waals surface area contributed by atoms with E-state index in [1.54, 1.807) is 0 Å². The summed E-state index contributed by atoms with van der Waals surface area (Å²) in [6, 6.07) is 11.0. The molecule has 1 aromatic carbocycles. The molecule has 0 amide bonds. The average Bonchev–Trinajstić information content (AvgIpc) is 2.28. The molecule has 0 aliphatic carbocycles. The molecular weight excluding hydrogens is 214 g/mol. The Kier molecular flexibility index (Phi) is 2.84. The molecule has 0 aliphatic heterocycles. The van der Waals surface area contributed by atoms with E-state index in [1.165, 1.54) is 6.07 Å². The third kappa shape index (κ3) is 2.61. The van der Waals surface area contributed by atoms with Crippen molar-refractivity contribution in [1.82, 2.24) is 4.98 Å². The van der Waals surface area contributed by atoms with Crippen LogP contribution in [-0.4, -0.2) is 4.98 Å². The fourth-order valence-corrected chi connectivity index (χ4v) is 1.47. The van der Waals surface area contributed by atoms with Crippen LogP contribution in [0, 0.1) is 0 Å². The van der Waals surface area contributed by atoms with Gasteiger partial charge in [-0.1, -0.05) is 51.1 Å². The first-order chi connectivity index (χ1) is 7.97. The summed E-state index contributed by atoms with van der Waals surface area (Å²) in [7, 11) is 0. The Morgan fingerprint density at radius 2 is 1.76 bits per heavy atom. The molecule has 88 valence electrons. The van der Waals surface area contributed by atoms with Gasteiger partial charge in [0, 0.05) is 17.0 Å². The zero-order chi connectivity index (χ0) is 12.5. The molecule has 1 aromatic heterocycles. The van der Waals surface area contributed by atoms with Gasteiger partial charge in [-0.2, -0.15) is 4.98 Å². The van der Waals surface area contributed by atoms with E-state index in [4.69, 9.17) is 4.42 Å². The predicted molar refractivity (Wildman–Crippen MR) is 66.9 cm³/mol. The maximum Gasteiger partial charge on any atom is 0.276 e. The van der Waals surface area contributed by atoms with Crippen LogP contribution in [0.5, 0.6) is 0 Å². The Labute approximate surface area is 100 Å². The molecule has 0 saturated heterocycles. The Balaban J connectivity index is 2.58. The minimum atomic E-state index is -0.274. The van der Waals surface area contributed by atoms with Gasteiger partial charge >= 0.3 is 0 Å². The second-order valence-electron chi connectivity index (χ2n) is 4.98. The van der Waals surface area contributed by atoms with Crippen LogP contribution in [0.2, 0.25) is 0 Å². The second kappa shape index (κ2) is 4.17. The van der Waals surface area contributed by atoms with Gasteiger partial charge in [-0.3, -0.25) is 4.79 Å². The first-order valence-corrected chi connectivity index (χ1v) is 5.55. The van der Waals surface area contributed by atoms with Crippen LogP contribution in [0.1, 0.15) is 26.7 Å². The zero-order valence-electron chi connectivity index (χ0n) is 10.2. The molecular formula is C14H15NO2. The number of hydrogen-bond acceptors (Lipinski definition) is 3. The highest BCUT2D eigenvalue weighted by Gasteiger charge is 2.20. The highest BCUT2D eigenvalue weighted by Crippen LogP contribution is 2.24. The van der Waals surface area contributed by atoms with E-state index in [-0.39, 0.29) is 11.0 Å². The SMILES string of the molecule is CC(C)(C)c1nc(=O)cc(-c2ccccc2)o1. The van der Waals surface area contributed by atoms with Crippen LogP contribution in [0.3, 0.4) is 0 Å². The highest BCUT2D eigenvalue weighted by molar-refractivity contribution is 5.56. The molecule has 0 saturated carbocycles. The maximum absolute atomic E-state index is 11.6. The minimum absolute atomic E-state index is 0.264. The summed E-state index contributed by atoms with van der Waals surface area (Å²) in [5, 5.41) is 0. The van der Waals surface area contributed by atoms with E-state index in [1.807, 2.05) is 51.1 Å². The number of aromatic nitrogens is 1. The van der Waals surface area contributed by atoms with Crippen LogP contribution < -0.4 is 5.56 Å². The van der Waals surface area contributed by atoms with Crippen molar-refractivity contribution in [3.8, 4) is 11.3 Å². The maximum atomic E-state index is 11.6. The molecule has 3 nitrogen and oxygen atoms in total. The van der Waals surface area contributed by atoms with Crippen LogP contribution in [0.25, 0.3) is 11.3 Å². The summed E-state index contributed by atoms with van der Waals surface area (Å²) in [6.45, 7) is 5.90. The molecule has 2 rings (SSSR count). The molecule has 0 N–H and O–H groups in total. The molecule has 17 heavy (non-hydrogen) atoms. The zero-order valence-corrected chi connectivity index (χ0v) is 10.2. The van der Waals surface area contributed by atoms with Crippen LogP contribution >= 0.6 is 0 Å². The van der Waals surface area contributed by atoms with Crippen molar-refractivity contribution in [2.45, 2.75) is 26.2 Å². The summed E-state index contributed by atoms with van der Waals surface area (Å²) in [6.07, 6.45) is 0. The van der Waals surface area contributed by atoms with Crippen molar-refractivity contribution in [2.75, 3.05) is 0 Å². The first kappa shape index (κ1) is 11.6. The minimum Gasteiger partial charge on any atom is -0.441 e. The lowest BCUT2D eigenvalue weighted by Crippen LogP contribution is -2.19. The summed E-state index contributed by atoms with van der Waals surface area (Å²) in [4.78, 5) is 15.5. The van der Waals surface area contributed by atoms with Gasteiger partial charge in [-0.15, -0.1) is 0 Å². The van der Waals surface area contributed by atoms with Gasteiger partial charge in [0.15, 0.2) is 0 Å². The van der Waals surface area contributed by atoms with Gasteiger partial charge in [0.05, 0.1) is 0 Å². The summed E-state index contributed by atoms with van der Waals surface area (Å²) in [5.41, 5.74) is 0.349. The van der Waals surface area contributed by atoms with Gasteiger partial charge < -0.3 is 4.42 Å². The smallest absolute Gasteiger partial charge is 0.276 e. The number of rotatable bonds is 1. The molecule has 0 fully saturated rings. The van der Waals surface area contributed by atoms with E-state index in [2.05, 4.69) is 4.98 Å². The van der Waals surface area contributed by atoms with Gasteiger partial charge in [0.25, 0.3) is 5.56 Å². The van der Waals surface area contributed by atoms with E-state index in [9.17, 15) is 4.79 Å². The largest absolute Gasteiger partial charge is 0.441 e. The summed E-state index contributed by atoms with van der Waals surface area (Å²) in [5.74, 6) is 1.03. The fourth-order valence-electron chi connectivity index (χ4n) is 1.47. The molecule has 0 atom stereocenters. The normalized spacial score (nSPS) is 11.5. The Bertz CT molecular complexity index is 565. The quantitative estimate of drug-likeness (QED) is 0.755. The average molecular weight is 229 g/mol. The Hall–Kier alpha value is -1.90. The number of hydrogen-bond donors (Lipinski definition) is 0. The molecule has 0 unspecified atom stereocenters. The van der Waals surface area contributed by atoms with Crippen molar-refractivity contribution < 1.29 is 4.42 Å². The molecule has 0 spiro atoms. The Morgan fingerprint density at radius 3 is 2.35 bits per heavy atom. The van der Waals surface area contributed by atoms with Gasteiger partial charge in [-0.25, -0.2) is 0 Å². The molecule has 0 radical (unpaired) electrons. The van der Waals surface area contributed by atoms with Crippen molar-refractivity contribution in [2.24, 2.45) is 0 Å². The van der Waals surface area contributed by atoms with Crippen LogP contribution in [0.15, 0.2) is 45.6 Å². The van der Waals surface area contributed by atoms with Crippen molar-refractivity contribution in [3.05, 3.63) is 52.6 Å². The highest BCUT2D eigenvalue weighted by atomic mass is 16.3. The molecule has 0 aliphatic rings. The van der Waals surface area contributed by atoms with Gasteiger partial charge in [0.1, 0.15) is 5.76 Å². The molecule has 1 heterocycles.